The Hall–Kier alpha value is -7.24. The van der Waals surface area contributed by atoms with Crippen LogP contribution in [0.25, 0.3) is 77.7 Å². The zero-order chi connectivity index (χ0) is 38.5. The number of fused-ring (bicyclic) bond motifs is 4. The number of benzene rings is 7. The van der Waals surface area contributed by atoms with Crippen molar-refractivity contribution in [3.63, 3.8) is 0 Å². The third-order valence-corrected chi connectivity index (χ3v) is 10.1. The van der Waals surface area contributed by atoms with Crippen LogP contribution < -0.4 is 4.74 Å². The monoisotopic (exact) mass is 698 g/mol. The molecule has 0 aliphatic carbocycles. The van der Waals surface area contributed by atoms with Crippen LogP contribution in [-0.4, -0.2) is 18.7 Å². The van der Waals surface area contributed by atoms with Crippen LogP contribution in [0.3, 0.4) is 0 Å². The van der Waals surface area contributed by atoms with E-state index in [0.29, 0.717) is 17.0 Å². The predicted octanol–water partition coefficient (Wildman–Crippen LogP) is 12.5. The molecule has 0 saturated heterocycles. The molecule has 256 valence electrons. The Kier molecular flexibility index (Phi) is 6.86. The molecular weight excluding hydrogens is 661 g/mol. The number of aryl methyl sites for hydroxylation is 1. The number of rotatable bonds is 7. The summed E-state index contributed by atoms with van der Waals surface area (Å²) in [6.07, 6.45) is 3.53. The van der Waals surface area contributed by atoms with Crippen LogP contribution in [0.5, 0.6) is 11.5 Å². The zero-order valence-corrected chi connectivity index (χ0v) is 29.2. The first-order chi connectivity index (χ1) is 27.9. The average molecular weight is 699 g/mol. The van der Waals surface area contributed by atoms with Gasteiger partial charge in [-0.2, -0.15) is 4.57 Å². The van der Waals surface area contributed by atoms with Gasteiger partial charge in [0.25, 0.3) is 0 Å². The van der Waals surface area contributed by atoms with E-state index in [-0.39, 0.29) is 0 Å². The van der Waals surface area contributed by atoms with Gasteiger partial charge < -0.3 is 4.74 Å². The molecule has 0 fully saturated rings. The van der Waals surface area contributed by atoms with E-state index in [2.05, 4.69) is 120 Å². The summed E-state index contributed by atoms with van der Waals surface area (Å²) < 4.78 is 36.3. The van der Waals surface area contributed by atoms with E-state index in [1.807, 2.05) is 77.5 Å². The molecule has 5 nitrogen and oxygen atoms in total. The molecule has 0 aliphatic heterocycles. The lowest BCUT2D eigenvalue weighted by Crippen LogP contribution is -1.99. The summed E-state index contributed by atoms with van der Waals surface area (Å²) in [6.45, 7) is -2.32. The van der Waals surface area contributed by atoms with Crippen molar-refractivity contribution in [2.75, 3.05) is 0 Å². The Morgan fingerprint density at radius 1 is 0.519 bits per heavy atom. The molecule has 0 radical (unpaired) electrons. The quantitative estimate of drug-likeness (QED) is 0.155. The lowest BCUT2D eigenvalue weighted by Gasteiger charge is -2.17. The maximum absolute atomic E-state index is 8.10. The van der Waals surface area contributed by atoms with Gasteiger partial charge in [-0.15, -0.1) is 0 Å². The highest BCUT2D eigenvalue weighted by atomic mass is 16.5. The lowest BCUT2D eigenvalue weighted by atomic mass is 9.88. The largest absolute Gasteiger partial charge is 0.456 e. The van der Waals surface area contributed by atoms with Crippen LogP contribution in [-0.2, 0) is 6.98 Å². The van der Waals surface area contributed by atoms with E-state index >= 15 is 0 Å². The first-order valence-electron chi connectivity index (χ1n) is 19.5. The predicted molar refractivity (Wildman–Crippen MR) is 222 cm³/mol. The van der Waals surface area contributed by atoms with E-state index in [1.165, 1.54) is 4.57 Å². The van der Waals surface area contributed by atoms with Gasteiger partial charge in [0.15, 0.2) is 17.4 Å². The second kappa shape index (κ2) is 13.1. The maximum Gasteiger partial charge on any atom is 0.191 e. The van der Waals surface area contributed by atoms with Crippen molar-refractivity contribution < 1.29 is 8.85 Å². The van der Waals surface area contributed by atoms with E-state index in [9.17, 15) is 0 Å². The fraction of sp³-hybridized carbons (Fsp3) is 0.0204. The first kappa shape index (κ1) is 28.4. The summed E-state index contributed by atoms with van der Waals surface area (Å²) in [7, 11) is 0. The van der Waals surface area contributed by atoms with Gasteiger partial charge in [-0.25, -0.2) is 9.55 Å². The fourth-order valence-corrected chi connectivity index (χ4v) is 7.69. The number of pyridine rings is 1. The van der Waals surface area contributed by atoms with Gasteiger partial charge in [0.1, 0.15) is 23.0 Å². The van der Waals surface area contributed by atoms with Gasteiger partial charge in [0.2, 0.25) is 0 Å². The molecule has 0 aliphatic rings. The minimum atomic E-state index is -2.32. The van der Waals surface area contributed by atoms with Crippen LogP contribution in [0.2, 0.25) is 0 Å². The van der Waals surface area contributed by atoms with Crippen molar-refractivity contribution in [2.24, 2.45) is 6.98 Å². The van der Waals surface area contributed by atoms with Crippen molar-refractivity contribution >= 4 is 32.8 Å². The SMILES string of the molecule is [2H]C([2H])([2H])n1[cH+]n(-c2cccc(Oc3ccc4c5ccccc5n(-c5cc(-c6c(-c7ccccc7)cccc6-c6ccccc6)ccn5)c4c3)c2)c2ccccc21. The summed E-state index contributed by atoms with van der Waals surface area (Å²) in [5.41, 5.74) is 11.0. The number of nitrogens with zero attached hydrogens (tertiary/aromatic N) is 4. The van der Waals surface area contributed by atoms with Crippen LogP contribution in [0, 0.1) is 0 Å². The Balaban J connectivity index is 1.09. The molecule has 54 heavy (non-hydrogen) atoms. The molecule has 0 N–H and O–H groups in total. The van der Waals surface area contributed by atoms with Gasteiger partial charge in [-0.3, -0.25) is 4.57 Å². The molecule has 0 bridgehead atoms. The van der Waals surface area contributed by atoms with E-state index in [4.69, 9.17) is 13.8 Å². The highest BCUT2D eigenvalue weighted by Crippen LogP contribution is 2.41. The summed E-state index contributed by atoms with van der Waals surface area (Å²) in [5.74, 6) is 2.08. The molecule has 10 aromatic rings. The number of imidazole rings is 1. The molecule has 3 aromatic heterocycles. The first-order valence-corrected chi connectivity index (χ1v) is 18.0. The summed E-state index contributed by atoms with van der Waals surface area (Å²) in [6, 6.07) is 61.6. The topological polar surface area (TPSA) is 36.9 Å². The normalized spacial score (nSPS) is 12.5. The van der Waals surface area contributed by atoms with Gasteiger partial charge in [-0.05, 0) is 88.0 Å². The van der Waals surface area contributed by atoms with Gasteiger partial charge in [-0.1, -0.05) is 97.1 Å². The van der Waals surface area contributed by atoms with E-state index in [0.717, 1.165) is 72.2 Å². The molecule has 5 heteroatoms. The molecule has 10 rings (SSSR count). The summed E-state index contributed by atoms with van der Waals surface area (Å²) in [4.78, 5) is 4.99. The smallest absolute Gasteiger partial charge is 0.191 e. The van der Waals surface area contributed by atoms with Crippen LogP contribution in [0.1, 0.15) is 4.11 Å². The minimum absolute atomic E-state index is 0.624. The molecule has 0 unspecified atom stereocenters. The highest BCUT2D eigenvalue weighted by molar-refractivity contribution is 6.09. The molecule has 0 atom stereocenters. The zero-order valence-electron chi connectivity index (χ0n) is 32.2. The van der Waals surface area contributed by atoms with Crippen molar-refractivity contribution in [3.8, 4) is 56.4 Å². The Bertz CT molecular complexity index is 3040. The molecule has 0 spiro atoms. The van der Waals surface area contributed by atoms with E-state index < -0.39 is 6.98 Å². The third-order valence-electron chi connectivity index (χ3n) is 10.1. The lowest BCUT2D eigenvalue weighted by molar-refractivity contribution is 0.483. The Labute approximate surface area is 317 Å². The number of hydrogen-bond acceptors (Lipinski definition) is 2. The van der Waals surface area contributed by atoms with Gasteiger partial charge >= 0.3 is 0 Å². The van der Waals surface area contributed by atoms with Crippen LogP contribution in [0.15, 0.2) is 195 Å². The maximum atomic E-state index is 8.10. The molecule has 7 aromatic carbocycles. The summed E-state index contributed by atoms with van der Waals surface area (Å²) >= 11 is 0. The standard InChI is InChI=1S/C49H35N4O/c1-51-33-52(46-25-11-10-24-45(46)51)37-18-12-19-38(31-37)54-39-26-27-43-42-20-8-9-23-44(42)53(47(43)32-39)48-30-36(28-29-50-48)49-40(34-14-4-2-5-15-34)21-13-22-41(49)35-16-6-3-7-17-35/h2-33H,1H3/q+1/i1D3. The van der Waals surface area contributed by atoms with Crippen molar-refractivity contribution in [3.05, 3.63) is 195 Å². The van der Waals surface area contributed by atoms with Crippen molar-refractivity contribution in [2.45, 2.75) is 0 Å². The summed E-state index contributed by atoms with van der Waals surface area (Å²) in [5, 5.41) is 2.20. The highest BCUT2D eigenvalue weighted by Gasteiger charge is 2.19. The van der Waals surface area contributed by atoms with Gasteiger partial charge in [0.05, 0.1) is 11.0 Å². The second-order valence-corrected chi connectivity index (χ2v) is 13.3. The number of para-hydroxylation sites is 3. The van der Waals surface area contributed by atoms with Crippen LogP contribution >= 0.6 is 0 Å². The van der Waals surface area contributed by atoms with Crippen molar-refractivity contribution in [1.82, 2.24) is 18.7 Å². The number of ether oxygens (including phenoxy) is 1. The Morgan fingerprint density at radius 2 is 1.17 bits per heavy atom. The van der Waals surface area contributed by atoms with E-state index in [1.54, 1.807) is 6.33 Å². The fourth-order valence-electron chi connectivity index (χ4n) is 7.69. The molecule has 0 amide bonds. The van der Waals surface area contributed by atoms with Gasteiger partial charge in [0, 0.05) is 58.4 Å². The third kappa shape index (κ3) is 5.42. The van der Waals surface area contributed by atoms with Crippen molar-refractivity contribution in [1.29, 1.82) is 0 Å². The minimum Gasteiger partial charge on any atom is -0.456 e. The number of hydrogen-bond donors (Lipinski definition) is 0. The molecular formula is C49H35N4O+. The number of aromatic nitrogens is 4. The van der Waals surface area contributed by atoms with Crippen LogP contribution in [0.4, 0.5) is 0 Å². The molecule has 3 heterocycles. The second-order valence-electron chi connectivity index (χ2n) is 13.3. The Morgan fingerprint density at radius 3 is 1.93 bits per heavy atom. The average Bonchev–Trinajstić information content (AvgIpc) is 3.81. The molecule has 0 saturated carbocycles.